The van der Waals surface area contributed by atoms with Gasteiger partial charge in [0.05, 0.1) is 22.4 Å². The standard InChI is InChI=1S/C16H21N3O2/c1-4-16(15(20)21)6-5-7-19(10-16)14-8-11(2)18-12(3)13(14)9-17/h8H,4-7,10H2,1-3H3,(H,20,21). The Morgan fingerprint density at radius 2 is 2.29 bits per heavy atom. The van der Waals surface area contributed by atoms with Gasteiger partial charge in [0.15, 0.2) is 0 Å². The summed E-state index contributed by atoms with van der Waals surface area (Å²) in [4.78, 5) is 18.0. The van der Waals surface area contributed by atoms with Crippen molar-refractivity contribution in [2.45, 2.75) is 40.0 Å². The lowest BCUT2D eigenvalue weighted by molar-refractivity contribution is -0.149. The quantitative estimate of drug-likeness (QED) is 0.924. The van der Waals surface area contributed by atoms with E-state index in [-0.39, 0.29) is 0 Å². The molecule has 1 N–H and O–H groups in total. The van der Waals surface area contributed by atoms with Crippen LogP contribution in [0, 0.1) is 30.6 Å². The van der Waals surface area contributed by atoms with E-state index in [9.17, 15) is 15.2 Å². The average Bonchev–Trinajstić information content (AvgIpc) is 2.46. The molecule has 0 amide bonds. The molecule has 1 unspecified atom stereocenters. The van der Waals surface area contributed by atoms with Gasteiger partial charge in [0.2, 0.25) is 0 Å². The number of piperidine rings is 1. The molecule has 0 aliphatic carbocycles. The van der Waals surface area contributed by atoms with Gasteiger partial charge in [-0.25, -0.2) is 0 Å². The van der Waals surface area contributed by atoms with Crippen molar-refractivity contribution >= 4 is 11.7 Å². The van der Waals surface area contributed by atoms with Crippen molar-refractivity contribution in [2.75, 3.05) is 18.0 Å². The van der Waals surface area contributed by atoms with E-state index in [0.717, 1.165) is 24.3 Å². The van der Waals surface area contributed by atoms with Crippen LogP contribution in [0.2, 0.25) is 0 Å². The Bertz CT molecular complexity index is 606. The minimum Gasteiger partial charge on any atom is -0.481 e. The van der Waals surface area contributed by atoms with Gasteiger partial charge in [-0.2, -0.15) is 5.26 Å². The number of carbonyl (C=O) groups is 1. The molecule has 1 fully saturated rings. The highest BCUT2D eigenvalue weighted by Crippen LogP contribution is 2.37. The molecule has 5 heteroatoms. The molecule has 0 bridgehead atoms. The molecule has 0 spiro atoms. The summed E-state index contributed by atoms with van der Waals surface area (Å²) in [6.07, 6.45) is 2.12. The van der Waals surface area contributed by atoms with Crippen LogP contribution in [0.25, 0.3) is 0 Å². The summed E-state index contributed by atoms with van der Waals surface area (Å²) >= 11 is 0. The minimum absolute atomic E-state index is 0.455. The maximum atomic E-state index is 11.7. The van der Waals surface area contributed by atoms with Crippen molar-refractivity contribution in [2.24, 2.45) is 5.41 Å². The molecule has 0 saturated carbocycles. The average molecular weight is 287 g/mol. The van der Waals surface area contributed by atoms with Gasteiger partial charge in [0.25, 0.3) is 0 Å². The summed E-state index contributed by atoms with van der Waals surface area (Å²) in [5.74, 6) is -0.740. The van der Waals surface area contributed by atoms with E-state index < -0.39 is 11.4 Å². The Morgan fingerprint density at radius 1 is 1.57 bits per heavy atom. The zero-order valence-electron chi connectivity index (χ0n) is 12.8. The molecule has 5 nitrogen and oxygen atoms in total. The first-order chi connectivity index (χ1) is 9.93. The maximum absolute atomic E-state index is 11.7. The number of carboxylic acid groups (broad SMARTS) is 1. The molecule has 21 heavy (non-hydrogen) atoms. The van der Waals surface area contributed by atoms with Crippen molar-refractivity contribution in [3.05, 3.63) is 23.0 Å². The summed E-state index contributed by atoms with van der Waals surface area (Å²) in [6.45, 7) is 6.88. The molecular formula is C16H21N3O2. The second kappa shape index (κ2) is 5.72. The molecule has 1 atom stereocenters. The smallest absolute Gasteiger partial charge is 0.311 e. The van der Waals surface area contributed by atoms with Crippen LogP contribution < -0.4 is 4.90 Å². The number of nitrogens with zero attached hydrogens (tertiary/aromatic N) is 3. The van der Waals surface area contributed by atoms with E-state index in [1.165, 1.54) is 0 Å². The molecule has 0 aromatic carbocycles. The van der Waals surface area contributed by atoms with Crippen molar-refractivity contribution in [3.8, 4) is 6.07 Å². The molecule has 0 radical (unpaired) electrons. The highest BCUT2D eigenvalue weighted by Gasteiger charge is 2.41. The molecule has 1 aromatic heterocycles. The monoisotopic (exact) mass is 287 g/mol. The van der Waals surface area contributed by atoms with Crippen LogP contribution in [0.5, 0.6) is 0 Å². The highest BCUT2D eigenvalue weighted by molar-refractivity contribution is 5.76. The van der Waals surface area contributed by atoms with Gasteiger partial charge >= 0.3 is 5.97 Å². The van der Waals surface area contributed by atoms with Gasteiger partial charge in [-0.1, -0.05) is 6.92 Å². The van der Waals surface area contributed by atoms with Crippen LogP contribution in [0.1, 0.15) is 43.1 Å². The first-order valence-corrected chi connectivity index (χ1v) is 7.30. The number of rotatable bonds is 3. The van der Waals surface area contributed by atoms with E-state index in [1.807, 2.05) is 31.7 Å². The van der Waals surface area contributed by atoms with E-state index in [0.29, 0.717) is 30.6 Å². The molecule has 1 aliphatic rings. The number of pyridine rings is 1. The van der Waals surface area contributed by atoms with Gasteiger partial charge in [-0.15, -0.1) is 0 Å². The molecule has 1 aromatic rings. The normalized spacial score (nSPS) is 21.9. The Labute approximate surface area is 125 Å². The van der Waals surface area contributed by atoms with Gasteiger partial charge in [0, 0.05) is 18.8 Å². The number of anilines is 1. The number of aryl methyl sites for hydroxylation is 2. The lowest BCUT2D eigenvalue weighted by Gasteiger charge is -2.41. The summed E-state index contributed by atoms with van der Waals surface area (Å²) in [7, 11) is 0. The Balaban J connectivity index is 2.43. The van der Waals surface area contributed by atoms with E-state index in [4.69, 9.17) is 0 Å². The molecule has 2 heterocycles. The molecular weight excluding hydrogens is 266 g/mol. The lowest BCUT2D eigenvalue weighted by atomic mass is 9.77. The first kappa shape index (κ1) is 15.3. The SMILES string of the molecule is CCC1(C(=O)O)CCCN(c2cc(C)nc(C)c2C#N)C1. The zero-order valence-corrected chi connectivity index (χ0v) is 12.8. The lowest BCUT2D eigenvalue weighted by Crippen LogP contribution is -2.48. The predicted molar refractivity (Wildman–Crippen MR) is 80.2 cm³/mol. The largest absolute Gasteiger partial charge is 0.481 e. The van der Waals surface area contributed by atoms with Crippen LogP contribution in [0.15, 0.2) is 6.07 Å². The summed E-state index contributed by atoms with van der Waals surface area (Å²) in [6, 6.07) is 4.10. The Morgan fingerprint density at radius 3 is 2.86 bits per heavy atom. The summed E-state index contributed by atoms with van der Waals surface area (Å²) in [5, 5.41) is 19.0. The molecule has 2 rings (SSSR count). The third-order valence-corrected chi connectivity index (χ3v) is 4.47. The van der Waals surface area contributed by atoms with Gasteiger partial charge in [-0.3, -0.25) is 9.78 Å². The van der Waals surface area contributed by atoms with Crippen LogP contribution in [0.4, 0.5) is 5.69 Å². The topological polar surface area (TPSA) is 77.2 Å². The number of aromatic nitrogens is 1. The summed E-state index contributed by atoms with van der Waals surface area (Å²) in [5.41, 5.74) is 2.22. The number of hydrogen-bond donors (Lipinski definition) is 1. The van der Waals surface area contributed by atoms with Gasteiger partial charge < -0.3 is 10.0 Å². The number of carboxylic acids is 1. The van der Waals surface area contributed by atoms with Crippen LogP contribution in [-0.4, -0.2) is 29.1 Å². The Kier molecular flexibility index (Phi) is 4.17. The van der Waals surface area contributed by atoms with Gasteiger partial charge in [0.1, 0.15) is 6.07 Å². The zero-order chi connectivity index (χ0) is 15.6. The Hall–Kier alpha value is -2.09. The number of nitriles is 1. The third kappa shape index (κ3) is 2.71. The fourth-order valence-electron chi connectivity index (χ4n) is 3.15. The second-order valence-corrected chi connectivity index (χ2v) is 5.82. The van der Waals surface area contributed by atoms with Crippen LogP contribution in [-0.2, 0) is 4.79 Å². The molecule has 112 valence electrons. The van der Waals surface area contributed by atoms with Crippen LogP contribution in [0.3, 0.4) is 0 Å². The fraction of sp³-hybridized carbons (Fsp3) is 0.562. The van der Waals surface area contributed by atoms with E-state index in [2.05, 4.69) is 11.1 Å². The van der Waals surface area contributed by atoms with Crippen molar-refractivity contribution in [3.63, 3.8) is 0 Å². The number of hydrogen-bond acceptors (Lipinski definition) is 4. The van der Waals surface area contributed by atoms with Crippen molar-refractivity contribution in [1.82, 2.24) is 4.98 Å². The maximum Gasteiger partial charge on any atom is 0.311 e. The fourth-order valence-corrected chi connectivity index (χ4v) is 3.15. The summed E-state index contributed by atoms with van der Waals surface area (Å²) < 4.78 is 0. The van der Waals surface area contributed by atoms with Crippen molar-refractivity contribution < 1.29 is 9.90 Å². The second-order valence-electron chi connectivity index (χ2n) is 5.82. The predicted octanol–water partition coefficient (Wildman–Crippen LogP) is 2.65. The third-order valence-electron chi connectivity index (χ3n) is 4.47. The first-order valence-electron chi connectivity index (χ1n) is 7.30. The van der Waals surface area contributed by atoms with Gasteiger partial charge in [-0.05, 0) is 39.2 Å². The molecule has 1 aliphatic heterocycles. The highest BCUT2D eigenvalue weighted by atomic mass is 16.4. The minimum atomic E-state index is -0.740. The van der Waals surface area contributed by atoms with Crippen LogP contribution >= 0.6 is 0 Å². The van der Waals surface area contributed by atoms with Crippen molar-refractivity contribution in [1.29, 1.82) is 5.26 Å². The van der Waals surface area contributed by atoms with E-state index >= 15 is 0 Å². The molecule has 1 saturated heterocycles. The van der Waals surface area contributed by atoms with E-state index in [1.54, 1.807) is 0 Å². The number of aliphatic carboxylic acids is 1.